The first kappa shape index (κ1) is 18.2. The monoisotopic (exact) mass is 372 g/mol. The zero-order valence-electron chi connectivity index (χ0n) is 15.2. The second kappa shape index (κ2) is 7.35. The molecule has 1 amide bonds. The van der Waals surface area contributed by atoms with Crippen molar-refractivity contribution in [1.29, 1.82) is 0 Å². The number of carbonyl (C=O) groups is 1. The Labute approximate surface area is 157 Å². The summed E-state index contributed by atoms with van der Waals surface area (Å²) >= 11 is 6.14. The van der Waals surface area contributed by atoms with Crippen molar-refractivity contribution in [3.8, 4) is 5.75 Å². The molecule has 0 aliphatic rings. The van der Waals surface area contributed by atoms with Crippen molar-refractivity contribution >= 4 is 28.8 Å². The van der Waals surface area contributed by atoms with Gasteiger partial charge >= 0.3 is 0 Å². The molecule has 1 aromatic carbocycles. The Morgan fingerprint density at radius 1 is 1.35 bits per heavy atom. The molecule has 3 aromatic rings. The highest BCUT2D eigenvalue weighted by Crippen LogP contribution is 2.31. The number of halogens is 1. The maximum atomic E-state index is 13.0. The number of hydrogen-bond donors (Lipinski definition) is 1. The molecule has 0 atom stereocenters. The second-order valence-corrected chi connectivity index (χ2v) is 6.74. The molecular weight excluding hydrogens is 352 g/mol. The molecule has 1 N–H and O–H groups in total. The summed E-state index contributed by atoms with van der Waals surface area (Å²) in [4.78, 5) is 19.5. The number of amides is 1. The number of hydrogen-bond acceptors (Lipinski definition) is 4. The average molecular weight is 373 g/mol. The van der Waals surface area contributed by atoms with Crippen LogP contribution in [0.1, 0.15) is 21.7 Å². The first-order chi connectivity index (χ1) is 12.4. The summed E-state index contributed by atoms with van der Waals surface area (Å²) in [7, 11) is 5.45. The van der Waals surface area contributed by atoms with Gasteiger partial charge in [-0.15, -0.1) is 0 Å². The minimum Gasteiger partial charge on any atom is -0.495 e. The predicted octanol–water partition coefficient (Wildman–Crippen LogP) is 3.62. The number of imidazole rings is 1. The molecule has 0 unspecified atom stereocenters. The van der Waals surface area contributed by atoms with Crippen LogP contribution in [0.15, 0.2) is 36.5 Å². The molecule has 3 rings (SSSR count). The standard InChI is InChI=1S/C19H21ClN4O2/c1-12-9-14(16(26-4)10-13(12)20)21-19(25)18-15(11-23(2)3)24-8-6-5-7-17(24)22-18/h5-10H,11H2,1-4H3,(H,21,25). The number of benzene rings is 1. The number of pyridine rings is 1. The molecular formula is C19H21ClN4O2. The van der Waals surface area contributed by atoms with Crippen molar-refractivity contribution in [3.05, 3.63) is 58.5 Å². The topological polar surface area (TPSA) is 58.9 Å². The van der Waals surface area contributed by atoms with Crippen LogP contribution in [-0.2, 0) is 6.54 Å². The molecule has 0 spiro atoms. The number of carbonyl (C=O) groups excluding carboxylic acids is 1. The van der Waals surface area contributed by atoms with Crippen molar-refractivity contribution in [3.63, 3.8) is 0 Å². The summed E-state index contributed by atoms with van der Waals surface area (Å²) < 4.78 is 7.27. The maximum absolute atomic E-state index is 13.0. The summed E-state index contributed by atoms with van der Waals surface area (Å²) in [5.41, 5.74) is 3.36. The molecule has 136 valence electrons. The van der Waals surface area contributed by atoms with Gasteiger partial charge < -0.3 is 19.4 Å². The third-order valence-corrected chi connectivity index (χ3v) is 4.45. The van der Waals surface area contributed by atoms with E-state index in [1.807, 2.05) is 54.7 Å². The van der Waals surface area contributed by atoms with Crippen molar-refractivity contribution in [2.75, 3.05) is 26.5 Å². The van der Waals surface area contributed by atoms with Crippen molar-refractivity contribution in [2.24, 2.45) is 0 Å². The number of ether oxygens (including phenoxy) is 1. The molecule has 2 heterocycles. The van der Waals surface area contributed by atoms with E-state index in [0.29, 0.717) is 28.7 Å². The van der Waals surface area contributed by atoms with Gasteiger partial charge in [0.1, 0.15) is 11.4 Å². The number of nitrogens with one attached hydrogen (secondary N) is 1. The van der Waals surface area contributed by atoms with Gasteiger partial charge in [-0.25, -0.2) is 4.98 Å². The van der Waals surface area contributed by atoms with Gasteiger partial charge in [-0.2, -0.15) is 0 Å². The van der Waals surface area contributed by atoms with Gasteiger partial charge in [0.05, 0.1) is 18.5 Å². The van der Waals surface area contributed by atoms with Crippen LogP contribution in [0.5, 0.6) is 5.75 Å². The van der Waals surface area contributed by atoms with E-state index in [4.69, 9.17) is 16.3 Å². The number of fused-ring (bicyclic) bond motifs is 1. The summed E-state index contributed by atoms with van der Waals surface area (Å²) in [5.74, 6) is 0.220. The minimum absolute atomic E-state index is 0.287. The second-order valence-electron chi connectivity index (χ2n) is 6.33. The highest BCUT2D eigenvalue weighted by atomic mass is 35.5. The highest BCUT2D eigenvalue weighted by Gasteiger charge is 2.21. The highest BCUT2D eigenvalue weighted by molar-refractivity contribution is 6.31. The Morgan fingerprint density at radius 3 is 2.81 bits per heavy atom. The molecule has 7 heteroatoms. The molecule has 26 heavy (non-hydrogen) atoms. The van der Waals surface area contributed by atoms with Gasteiger partial charge in [-0.1, -0.05) is 17.7 Å². The summed E-state index contributed by atoms with van der Waals surface area (Å²) in [6.07, 6.45) is 1.91. The molecule has 0 radical (unpaired) electrons. The third-order valence-electron chi connectivity index (χ3n) is 4.04. The molecule has 6 nitrogen and oxygen atoms in total. The van der Waals surface area contributed by atoms with Crippen molar-refractivity contribution in [1.82, 2.24) is 14.3 Å². The maximum Gasteiger partial charge on any atom is 0.276 e. The van der Waals surface area contributed by atoms with Crippen LogP contribution in [0.2, 0.25) is 5.02 Å². The third kappa shape index (κ3) is 3.52. The Balaban J connectivity index is 2.02. The van der Waals surface area contributed by atoms with E-state index >= 15 is 0 Å². The van der Waals surface area contributed by atoms with Crippen LogP contribution < -0.4 is 10.1 Å². The van der Waals surface area contributed by atoms with E-state index in [1.165, 1.54) is 0 Å². The Hall–Kier alpha value is -2.57. The Morgan fingerprint density at radius 2 is 2.12 bits per heavy atom. The van der Waals surface area contributed by atoms with Crippen molar-refractivity contribution < 1.29 is 9.53 Å². The molecule has 0 aliphatic heterocycles. The number of nitrogens with zero attached hydrogens (tertiary/aromatic N) is 3. The lowest BCUT2D eigenvalue weighted by atomic mass is 10.2. The van der Waals surface area contributed by atoms with Gasteiger partial charge in [0, 0.05) is 23.8 Å². The number of aromatic nitrogens is 2. The molecule has 0 saturated carbocycles. The number of rotatable bonds is 5. The van der Waals surface area contributed by atoms with Crippen LogP contribution in [-0.4, -0.2) is 41.4 Å². The lowest BCUT2D eigenvalue weighted by Gasteiger charge is -2.13. The lowest BCUT2D eigenvalue weighted by Crippen LogP contribution is -2.19. The van der Waals surface area contributed by atoms with Gasteiger partial charge in [0.2, 0.25) is 0 Å². The van der Waals surface area contributed by atoms with Gasteiger partial charge in [0.15, 0.2) is 5.69 Å². The van der Waals surface area contributed by atoms with Crippen LogP contribution in [0, 0.1) is 6.92 Å². The predicted molar refractivity (Wildman–Crippen MR) is 103 cm³/mol. The molecule has 0 bridgehead atoms. The number of methoxy groups -OCH3 is 1. The normalized spacial score (nSPS) is 11.2. The lowest BCUT2D eigenvalue weighted by molar-refractivity contribution is 0.102. The van der Waals surface area contributed by atoms with E-state index in [1.54, 1.807) is 19.2 Å². The number of aryl methyl sites for hydroxylation is 1. The quantitative estimate of drug-likeness (QED) is 0.743. The van der Waals surface area contributed by atoms with Gasteiger partial charge in [-0.05, 0) is 44.8 Å². The zero-order valence-corrected chi connectivity index (χ0v) is 16.0. The molecule has 0 fully saturated rings. The van der Waals surface area contributed by atoms with Crippen LogP contribution >= 0.6 is 11.6 Å². The van der Waals surface area contributed by atoms with E-state index in [9.17, 15) is 4.79 Å². The van der Waals surface area contributed by atoms with E-state index in [-0.39, 0.29) is 5.91 Å². The van der Waals surface area contributed by atoms with Crippen LogP contribution in [0.25, 0.3) is 5.65 Å². The fraction of sp³-hybridized carbons (Fsp3) is 0.263. The first-order valence-electron chi connectivity index (χ1n) is 8.17. The zero-order chi connectivity index (χ0) is 18.8. The van der Waals surface area contributed by atoms with E-state index in [2.05, 4.69) is 10.3 Å². The SMILES string of the molecule is COc1cc(Cl)c(C)cc1NC(=O)c1nc2ccccn2c1CN(C)C. The Kier molecular flexibility index (Phi) is 5.15. The minimum atomic E-state index is -0.287. The fourth-order valence-corrected chi connectivity index (χ4v) is 2.94. The number of anilines is 1. The Bertz CT molecular complexity index is 966. The van der Waals surface area contributed by atoms with E-state index in [0.717, 1.165) is 16.9 Å². The molecule has 2 aromatic heterocycles. The smallest absolute Gasteiger partial charge is 0.276 e. The summed E-state index contributed by atoms with van der Waals surface area (Å²) in [5, 5.41) is 3.49. The summed E-state index contributed by atoms with van der Waals surface area (Å²) in [6.45, 7) is 2.46. The van der Waals surface area contributed by atoms with Gasteiger partial charge in [0.25, 0.3) is 5.91 Å². The van der Waals surface area contributed by atoms with E-state index < -0.39 is 0 Å². The summed E-state index contributed by atoms with van der Waals surface area (Å²) in [6, 6.07) is 9.18. The largest absolute Gasteiger partial charge is 0.495 e. The van der Waals surface area contributed by atoms with Crippen molar-refractivity contribution in [2.45, 2.75) is 13.5 Å². The molecule has 0 saturated heterocycles. The molecule has 0 aliphatic carbocycles. The van der Waals surface area contributed by atoms with Crippen LogP contribution in [0.4, 0.5) is 5.69 Å². The first-order valence-corrected chi connectivity index (χ1v) is 8.54. The fourth-order valence-electron chi connectivity index (χ4n) is 2.79. The van der Waals surface area contributed by atoms with Gasteiger partial charge in [-0.3, -0.25) is 4.79 Å². The van der Waals surface area contributed by atoms with Crippen LogP contribution in [0.3, 0.4) is 0 Å². The average Bonchev–Trinajstić information content (AvgIpc) is 2.96.